The van der Waals surface area contributed by atoms with Crippen LogP contribution in [0.5, 0.6) is 0 Å². The number of carbonyl (C=O) groups is 2. The first-order chi connectivity index (χ1) is 10.0. The molecule has 0 aromatic carbocycles. The number of piperazine rings is 1. The van der Waals surface area contributed by atoms with E-state index in [1.807, 2.05) is 30.5 Å². The van der Waals surface area contributed by atoms with Crippen molar-refractivity contribution in [2.24, 2.45) is 5.92 Å². The third-order valence-corrected chi connectivity index (χ3v) is 6.30. The Balaban J connectivity index is 2.22. The molecule has 0 spiro atoms. The molecule has 1 saturated carbocycles. The van der Waals surface area contributed by atoms with E-state index in [-0.39, 0.29) is 35.9 Å². The maximum Gasteiger partial charge on any atom is 0.246 e. The molecule has 0 radical (unpaired) electrons. The number of thioether (sulfide) groups is 1. The van der Waals surface area contributed by atoms with Gasteiger partial charge in [-0.3, -0.25) is 9.59 Å². The van der Waals surface area contributed by atoms with Crippen molar-refractivity contribution in [2.45, 2.75) is 76.8 Å². The first-order valence-corrected chi connectivity index (χ1v) is 9.30. The Morgan fingerprint density at radius 2 is 2.05 bits per heavy atom. The number of rotatable bonds is 5. The molecule has 1 aliphatic carbocycles. The van der Waals surface area contributed by atoms with Gasteiger partial charge in [-0.25, -0.2) is 0 Å². The third-order valence-electron chi connectivity index (χ3n) is 4.98. The fourth-order valence-corrected chi connectivity index (χ4v) is 4.77. The smallest absolute Gasteiger partial charge is 0.246 e. The molecular formula is C16H28N2O2S. The molecule has 0 aromatic heterocycles. The first-order valence-electron chi connectivity index (χ1n) is 8.25. The van der Waals surface area contributed by atoms with E-state index in [2.05, 4.69) is 19.2 Å². The molecule has 5 unspecified atom stereocenters. The molecular weight excluding hydrogens is 284 g/mol. The first kappa shape index (κ1) is 16.7. The zero-order valence-electron chi connectivity index (χ0n) is 13.6. The summed E-state index contributed by atoms with van der Waals surface area (Å²) in [5.74, 6) is 1.39. The number of hydrogen-bond donors (Lipinski definition) is 1. The average molecular weight is 312 g/mol. The van der Waals surface area contributed by atoms with Gasteiger partial charge in [-0.05, 0) is 31.4 Å². The fraction of sp³-hybridized carbons (Fsp3) is 0.875. The quantitative estimate of drug-likeness (QED) is 0.848. The van der Waals surface area contributed by atoms with Crippen LogP contribution in [0.3, 0.4) is 0 Å². The van der Waals surface area contributed by atoms with Gasteiger partial charge in [-0.2, -0.15) is 11.8 Å². The Hall–Kier alpha value is -0.710. The van der Waals surface area contributed by atoms with E-state index in [4.69, 9.17) is 0 Å². The van der Waals surface area contributed by atoms with Gasteiger partial charge in [-0.1, -0.05) is 33.6 Å². The highest BCUT2D eigenvalue weighted by Gasteiger charge is 2.46. The van der Waals surface area contributed by atoms with Crippen molar-refractivity contribution in [2.75, 3.05) is 5.75 Å². The fourth-order valence-electron chi connectivity index (χ4n) is 3.52. The maximum atomic E-state index is 12.9. The molecule has 0 aromatic rings. The van der Waals surface area contributed by atoms with Gasteiger partial charge in [0.05, 0.1) is 0 Å². The van der Waals surface area contributed by atoms with E-state index in [0.717, 1.165) is 31.4 Å². The second-order valence-corrected chi connectivity index (χ2v) is 7.80. The van der Waals surface area contributed by atoms with Crippen LogP contribution in [-0.4, -0.2) is 45.8 Å². The van der Waals surface area contributed by atoms with Crippen LogP contribution in [0.15, 0.2) is 0 Å². The Bertz CT molecular complexity index is 402. The number of hydrogen-bond acceptors (Lipinski definition) is 3. The highest BCUT2D eigenvalue weighted by molar-refractivity contribution is 7.99. The lowest BCUT2D eigenvalue weighted by Crippen LogP contribution is -2.67. The van der Waals surface area contributed by atoms with Crippen LogP contribution in [0.25, 0.3) is 0 Å². The lowest BCUT2D eigenvalue weighted by molar-refractivity contribution is -0.152. The molecule has 5 atom stereocenters. The van der Waals surface area contributed by atoms with Crippen molar-refractivity contribution in [3.05, 3.63) is 0 Å². The van der Waals surface area contributed by atoms with Crippen LogP contribution in [0.4, 0.5) is 0 Å². The van der Waals surface area contributed by atoms with E-state index in [0.29, 0.717) is 5.25 Å². The minimum atomic E-state index is -0.341. The van der Waals surface area contributed by atoms with Crippen LogP contribution in [0.1, 0.15) is 53.4 Å². The summed E-state index contributed by atoms with van der Waals surface area (Å²) in [5, 5.41) is 3.42. The van der Waals surface area contributed by atoms with E-state index >= 15 is 0 Å². The second-order valence-electron chi connectivity index (χ2n) is 6.29. The molecule has 0 bridgehead atoms. The minimum Gasteiger partial charge on any atom is -0.342 e. The molecule has 21 heavy (non-hydrogen) atoms. The molecule has 5 heteroatoms. The molecule has 2 fully saturated rings. The van der Waals surface area contributed by atoms with Crippen molar-refractivity contribution in [3.8, 4) is 0 Å². The Kier molecular flexibility index (Phi) is 5.58. The van der Waals surface area contributed by atoms with Crippen molar-refractivity contribution in [1.29, 1.82) is 0 Å². The summed E-state index contributed by atoms with van der Waals surface area (Å²) in [7, 11) is 0. The predicted octanol–water partition coefficient (Wildman–Crippen LogP) is 2.42. The molecule has 2 aliphatic rings. The molecule has 1 aliphatic heterocycles. The van der Waals surface area contributed by atoms with Crippen molar-refractivity contribution >= 4 is 23.6 Å². The molecule has 1 heterocycles. The second kappa shape index (κ2) is 7.03. The van der Waals surface area contributed by atoms with Crippen LogP contribution in [-0.2, 0) is 9.59 Å². The van der Waals surface area contributed by atoms with Gasteiger partial charge >= 0.3 is 0 Å². The SMILES string of the molecule is CCSC1CCCC1N1C(=O)C(C(C)CC)NC(=O)C1C. The summed E-state index contributed by atoms with van der Waals surface area (Å²) < 4.78 is 0. The van der Waals surface area contributed by atoms with Crippen molar-refractivity contribution in [3.63, 3.8) is 0 Å². The standard InChI is InChI=1S/C16H28N2O2S/c1-5-10(3)14-16(20)18(11(4)15(19)17-14)12-8-7-9-13(12)21-6-2/h10-14H,5-9H2,1-4H3,(H,17,19). The summed E-state index contributed by atoms with van der Waals surface area (Å²) in [5.41, 5.74) is 0. The number of nitrogens with zero attached hydrogens (tertiary/aromatic N) is 1. The zero-order valence-corrected chi connectivity index (χ0v) is 14.4. The average Bonchev–Trinajstić information content (AvgIpc) is 2.91. The highest BCUT2D eigenvalue weighted by atomic mass is 32.2. The number of nitrogens with one attached hydrogen (secondary N) is 1. The summed E-state index contributed by atoms with van der Waals surface area (Å²) in [6, 6.07) is -0.442. The van der Waals surface area contributed by atoms with Gasteiger partial charge in [0.2, 0.25) is 11.8 Å². The summed E-state index contributed by atoms with van der Waals surface area (Å²) in [6.45, 7) is 8.14. The lowest BCUT2D eigenvalue weighted by Gasteiger charge is -2.44. The molecule has 2 amide bonds. The Morgan fingerprint density at radius 1 is 1.33 bits per heavy atom. The van der Waals surface area contributed by atoms with E-state index < -0.39 is 0 Å². The largest absolute Gasteiger partial charge is 0.342 e. The van der Waals surface area contributed by atoms with Crippen molar-refractivity contribution < 1.29 is 9.59 Å². The summed E-state index contributed by atoms with van der Waals surface area (Å²) >= 11 is 1.94. The Morgan fingerprint density at radius 3 is 2.67 bits per heavy atom. The topological polar surface area (TPSA) is 49.4 Å². The maximum absolute atomic E-state index is 12.9. The van der Waals surface area contributed by atoms with Gasteiger partial charge < -0.3 is 10.2 Å². The van der Waals surface area contributed by atoms with E-state index in [1.165, 1.54) is 0 Å². The predicted molar refractivity (Wildman–Crippen MR) is 87.3 cm³/mol. The molecule has 120 valence electrons. The number of amides is 2. The van der Waals surface area contributed by atoms with Crippen molar-refractivity contribution in [1.82, 2.24) is 10.2 Å². The van der Waals surface area contributed by atoms with Crippen LogP contribution < -0.4 is 5.32 Å². The zero-order chi connectivity index (χ0) is 15.6. The van der Waals surface area contributed by atoms with E-state index in [9.17, 15) is 9.59 Å². The normalized spacial score (nSPS) is 35.0. The van der Waals surface area contributed by atoms with Gasteiger partial charge in [-0.15, -0.1) is 0 Å². The van der Waals surface area contributed by atoms with Gasteiger partial charge in [0, 0.05) is 11.3 Å². The summed E-state index contributed by atoms with van der Waals surface area (Å²) in [4.78, 5) is 27.1. The van der Waals surface area contributed by atoms with E-state index in [1.54, 1.807) is 0 Å². The van der Waals surface area contributed by atoms with Gasteiger partial charge in [0.25, 0.3) is 0 Å². The van der Waals surface area contributed by atoms with Crippen LogP contribution in [0, 0.1) is 5.92 Å². The summed E-state index contributed by atoms with van der Waals surface area (Å²) in [6.07, 6.45) is 4.26. The third kappa shape index (κ3) is 3.22. The van der Waals surface area contributed by atoms with Crippen LogP contribution in [0.2, 0.25) is 0 Å². The molecule has 1 N–H and O–H groups in total. The molecule has 4 nitrogen and oxygen atoms in total. The van der Waals surface area contributed by atoms with Gasteiger partial charge in [0.15, 0.2) is 0 Å². The van der Waals surface area contributed by atoms with Gasteiger partial charge in [0.1, 0.15) is 12.1 Å². The Labute approximate surface area is 132 Å². The minimum absolute atomic E-state index is 0.00653. The monoisotopic (exact) mass is 312 g/mol. The van der Waals surface area contributed by atoms with Crippen LogP contribution >= 0.6 is 11.8 Å². The lowest BCUT2D eigenvalue weighted by atomic mass is 9.93. The number of carbonyl (C=O) groups excluding carboxylic acids is 2. The molecule has 1 saturated heterocycles. The highest BCUT2D eigenvalue weighted by Crippen LogP contribution is 2.36. The molecule has 2 rings (SSSR count).